The fraction of sp³-hybridized carbons (Fsp3) is 0.364. The number of anilines is 1. The SMILES string of the molecule is COC(=O)[C@@H]1CN(C(=O)c2cc(S(=O)(=O)N3CCCC3)ccc2C)c2ccccc2O1. The molecule has 2 aliphatic heterocycles. The van der Waals surface area contributed by atoms with Gasteiger partial charge in [-0.3, -0.25) is 4.79 Å². The van der Waals surface area contributed by atoms with Gasteiger partial charge >= 0.3 is 5.97 Å². The molecule has 1 amide bonds. The molecule has 0 aliphatic carbocycles. The van der Waals surface area contributed by atoms with E-state index in [0.29, 0.717) is 30.1 Å². The summed E-state index contributed by atoms with van der Waals surface area (Å²) in [5, 5.41) is 0. The van der Waals surface area contributed by atoms with Crippen molar-refractivity contribution in [2.24, 2.45) is 0 Å². The van der Waals surface area contributed by atoms with Crippen LogP contribution in [0.25, 0.3) is 0 Å². The average molecular weight is 445 g/mol. The summed E-state index contributed by atoms with van der Waals surface area (Å²) < 4.78 is 37.9. The Labute approximate surface area is 181 Å². The summed E-state index contributed by atoms with van der Waals surface area (Å²) in [6, 6.07) is 11.5. The summed E-state index contributed by atoms with van der Waals surface area (Å²) in [5.74, 6) is -0.606. The van der Waals surface area contributed by atoms with Crippen LogP contribution in [0.15, 0.2) is 47.4 Å². The van der Waals surface area contributed by atoms with E-state index in [1.165, 1.54) is 28.4 Å². The molecule has 0 aromatic heterocycles. The first kappa shape index (κ1) is 21.3. The van der Waals surface area contributed by atoms with Gasteiger partial charge in [-0.25, -0.2) is 13.2 Å². The molecule has 0 radical (unpaired) electrons. The average Bonchev–Trinajstić information content (AvgIpc) is 3.33. The molecule has 8 nitrogen and oxygen atoms in total. The fourth-order valence-corrected chi connectivity index (χ4v) is 5.44. The highest BCUT2D eigenvalue weighted by molar-refractivity contribution is 7.89. The van der Waals surface area contributed by atoms with E-state index in [2.05, 4.69) is 0 Å². The minimum absolute atomic E-state index is 0.0366. The summed E-state index contributed by atoms with van der Waals surface area (Å²) in [4.78, 5) is 27.2. The van der Waals surface area contributed by atoms with Crippen molar-refractivity contribution in [3.8, 4) is 5.75 Å². The molecule has 1 atom stereocenters. The molecular weight excluding hydrogens is 420 g/mol. The van der Waals surface area contributed by atoms with Crippen molar-refractivity contribution in [2.75, 3.05) is 31.6 Å². The van der Waals surface area contributed by atoms with Crippen LogP contribution in [-0.2, 0) is 19.6 Å². The first-order valence-corrected chi connectivity index (χ1v) is 11.5. The van der Waals surface area contributed by atoms with E-state index in [1.807, 2.05) is 0 Å². The van der Waals surface area contributed by atoms with Gasteiger partial charge < -0.3 is 14.4 Å². The quantitative estimate of drug-likeness (QED) is 0.672. The van der Waals surface area contributed by atoms with Crippen LogP contribution >= 0.6 is 0 Å². The molecule has 0 N–H and O–H groups in total. The minimum Gasteiger partial charge on any atom is -0.475 e. The van der Waals surface area contributed by atoms with E-state index in [0.717, 1.165) is 12.8 Å². The van der Waals surface area contributed by atoms with Crippen molar-refractivity contribution in [2.45, 2.75) is 30.8 Å². The van der Waals surface area contributed by atoms with Gasteiger partial charge in [0.1, 0.15) is 5.75 Å². The number of fused-ring (bicyclic) bond motifs is 1. The monoisotopic (exact) mass is 444 g/mol. The van der Waals surface area contributed by atoms with Gasteiger partial charge in [-0.15, -0.1) is 0 Å². The number of para-hydroxylation sites is 2. The molecule has 2 aromatic carbocycles. The summed E-state index contributed by atoms with van der Waals surface area (Å²) in [5.41, 5.74) is 1.42. The number of rotatable bonds is 4. The van der Waals surface area contributed by atoms with Crippen molar-refractivity contribution in [3.05, 3.63) is 53.6 Å². The van der Waals surface area contributed by atoms with E-state index in [4.69, 9.17) is 9.47 Å². The smallest absolute Gasteiger partial charge is 0.348 e. The number of amides is 1. The molecule has 0 bridgehead atoms. The molecular formula is C22H24N2O6S. The lowest BCUT2D eigenvalue weighted by molar-refractivity contribution is -0.148. The lowest BCUT2D eigenvalue weighted by Gasteiger charge is -2.34. The number of carbonyl (C=O) groups is 2. The van der Waals surface area contributed by atoms with Gasteiger partial charge in [0.05, 0.1) is 24.2 Å². The van der Waals surface area contributed by atoms with Gasteiger partial charge in [-0.05, 0) is 49.6 Å². The van der Waals surface area contributed by atoms with Gasteiger partial charge in [0.25, 0.3) is 5.91 Å². The number of aryl methyl sites for hydroxylation is 1. The zero-order valence-electron chi connectivity index (χ0n) is 17.4. The highest BCUT2D eigenvalue weighted by Gasteiger charge is 2.36. The number of ether oxygens (including phenoxy) is 2. The third-order valence-corrected chi connectivity index (χ3v) is 7.52. The lowest BCUT2D eigenvalue weighted by Crippen LogP contribution is -2.47. The Morgan fingerprint density at radius 1 is 1.10 bits per heavy atom. The third-order valence-electron chi connectivity index (χ3n) is 5.63. The molecule has 9 heteroatoms. The molecule has 2 heterocycles. The van der Waals surface area contributed by atoms with Crippen molar-refractivity contribution in [1.29, 1.82) is 0 Å². The number of benzene rings is 2. The van der Waals surface area contributed by atoms with E-state index < -0.39 is 28.0 Å². The summed E-state index contributed by atoms with van der Waals surface area (Å²) in [6.07, 6.45) is 0.688. The van der Waals surface area contributed by atoms with Gasteiger partial charge in [0.15, 0.2) is 0 Å². The van der Waals surface area contributed by atoms with E-state index >= 15 is 0 Å². The molecule has 1 saturated heterocycles. The molecule has 2 aromatic rings. The number of carbonyl (C=O) groups excluding carboxylic acids is 2. The normalized spacial score (nSPS) is 18.9. The Hall–Kier alpha value is -2.91. The third kappa shape index (κ3) is 3.90. The van der Waals surface area contributed by atoms with Gasteiger partial charge in [-0.2, -0.15) is 4.31 Å². The summed E-state index contributed by atoms with van der Waals surface area (Å²) in [7, 11) is -2.41. The first-order chi connectivity index (χ1) is 14.8. The second-order valence-electron chi connectivity index (χ2n) is 7.60. The number of hydrogen-bond acceptors (Lipinski definition) is 6. The Bertz CT molecular complexity index is 1120. The van der Waals surface area contributed by atoms with E-state index in [1.54, 1.807) is 37.3 Å². The van der Waals surface area contributed by atoms with Crippen LogP contribution in [-0.4, -0.2) is 57.4 Å². The zero-order chi connectivity index (χ0) is 22.2. The molecule has 31 heavy (non-hydrogen) atoms. The number of esters is 1. The van der Waals surface area contributed by atoms with Crippen molar-refractivity contribution >= 4 is 27.6 Å². The lowest BCUT2D eigenvalue weighted by atomic mass is 10.1. The van der Waals surface area contributed by atoms with Crippen LogP contribution in [0.3, 0.4) is 0 Å². The summed E-state index contributed by atoms with van der Waals surface area (Å²) in [6.45, 7) is 2.68. The maximum atomic E-state index is 13.6. The Kier molecular flexibility index (Phi) is 5.72. The Morgan fingerprint density at radius 3 is 2.52 bits per heavy atom. The standard InChI is InChI=1S/C22H24N2O6S/c1-15-9-10-16(31(27,28)23-11-5-6-12-23)13-17(15)21(25)24-14-20(22(26)29-2)30-19-8-4-3-7-18(19)24/h3-4,7-10,13,20H,5-6,11-12,14H2,1-2H3/t20-/m0/s1. The predicted molar refractivity (Wildman–Crippen MR) is 114 cm³/mol. The van der Waals surface area contributed by atoms with Crippen LogP contribution < -0.4 is 9.64 Å². The largest absolute Gasteiger partial charge is 0.475 e. The molecule has 4 rings (SSSR count). The van der Waals surface area contributed by atoms with Gasteiger partial charge in [0.2, 0.25) is 16.1 Å². The van der Waals surface area contributed by atoms with E-state index in [-0.39, 0.29) is 17.0 Å². The topological polar surface area (TPSA) is 93.2 Å². The van der Waals surface area contributed by atoms with Gasteiger partial charge in [0, 0.05) is 18.7 Å². The van der Waals surface area contributed by atoms with Crippen LogP contribution in [0.1, 0.15) is 28.8 Å². The molecule has 0 unspecified atom stereocenters. The van der Waals surface area contributed by atoms with Crippen LogP contribution in [0.5, 0.6) is 5.75 Å². The zero-order valence-corrected chi connectivity index (χ0v) is 18.2. The first-order valence-electron chi connectivity index (χ1n) is 10.1. The molecule has 2 aliphatic rings. The Morgan fingerprint density at radius 2 is 1.81 bits per heavy atom. The van der Waals surface area contributed by atoms with Crippen LogP contribution in [0.4, 0.5) is 5.69 Å². The molecule has 1 fully saturated rings. The molecule has 164 valence electrons. The Balaban J connectivity index is 1.73. The van der Waals surface area contributed by atoms with Crippen molar-refractivity contribution < 1.29 is 27.5 Å². The number of nitrogens with zero attached hydrogens (tertiary/aromatic N) is 2. The van der Waals surface area contributed by atoms with Crippen LogP contribution in [0, 0.1) is 6.92 Å². The summed E-state index contributed by atoms with van der Waals surface area (Å²) >= 11 is 0. The molecule has 0 spiro atoms. The van der Waals surface area contributed by atoms with Crippen molar-refractivity contribution in [3.63, 3.8) is 0 Å². The highest BCUT2D eigenvalue weighted by atomic mass is 32.2. The maximum Gasteiger partial charge on any atom is 0.348 e. The van der Waals surface area contributed by atoms with Crippen LogP contribution in [0.2, 0.25) is 0 Å². The van der Waals surface area contributed by atoms with E-state index in [9.17, 15) is 18.0 Å². The minimum atomic E-state index is -3.67. The second-order valence-corrected chi connectivity index (χ2v) is 9.54. The number of sulfonamides is 1. The molecule has 0 saturated carbocycles. The fourth-order valence-electron chi connectivity index (χ4n) is 3.90. The van der Waals surface area contributed by atoms with Crippen molar-refractivity contribution in [1.82, 2.24) is 4.31 Å². The van der Waals surface area contributed by atoms with Gasteiger partial charge in [-0.1, -0.05) is 18.2 Å². The number of methoxy groups -OCH3 is 1. The number of hydrogen-bond donors (Lipinski definition) is 0. The highest BCUT2D eigenvalue weighted by Crippen LogP contribution is 2.35. The predicted octanol–water partition coefficient (Wildman–Crippen LogP) is 2.36. The second kappa shape index (κ2) is 8.32. The maximum absolute atomic E-state index is 13.6.